The van der Waals surface area contributed by atoms with E-state index in [1.807, 2.05) is 36.2 Å². The van der Waals surface area contributed by atoms with E-state index in [1.54, 1.807) is 14.2 Å². The van der Waals surface area contributed by atoms with Gasteiger partial charge in [-0.3, -0.25) is 4.99 Å². The lowest BCUT2D eigenvalue weighted by Gasteiger charge is -2.22. The number of aromatic nitrogens is 1. The molecule has 0 atom stereocenters. The van der Waals surface area contributed by atoms with Gasteiger partial charge in [-0.05, 0) is 29.8 Å². The lowest BCUT2D eigenvalue weighted by molar-refractivity contribution is -0.137. The van der Waals surface area contributed by atoms with Crippen molar-refractivity contribution in [2.45, 2.75) is 12.7 Å². The zero-order valence-corrected chi connectivity index (χ0v) is 16.0. The molecule has 28 heavy (non-hydrogen) atoms. The molecule has 0 saturated heterocycles. The normalized spacial score (nSPS) is 11.9. The second-order valence-electron chi connectivity index (χ2n) is 6.00. The minimum absolute atomic E-state index is 0.182. The summed E-state index contributed by atoms with van der Waals surface area (Å²) in [4.78, 5) is 9.90. The Morgan fingerprint density at radius 1 is 1.18 bits per heavy atom. The summed E-state index contributed by atoms with van der Waals surface area (Å²) in [6, 6.07) is 9.96. The van der Waals surface area contributed by atoms with Gasteiger partial charge in [-0.15, -0.1) is 0 Å². The van der Waals surface area contributed by atoms with Crippen LogP contribution in [0.15, 0.2) is 47.6 Å². The maximum Gasteiger partial charge on any atom is 0.419 e. The monoisotopic (exact) mass is 395 g/mol. The summed E-state index contributed by atoms with van der Waals surface area (Å²) < 4.78 is 44.1. The third-order valence-electron chi connectivity index (χ3n) is 3.97. The van der Waals surface area contributed by atoms with Crippen molar-refractivity contribution < 1.29 is 17.9 Å². The largest absolute Gasteiger partial charge is 0.497 e. The van der Waals surface area contributed by atoms with Crippen LogP contribution in [0.2, 0.25) is 0 Å². The molecule has 0 aliphatic rings. The van der Waals surface area contributed by atoms with Crippen molar-refractivity contribution in [1.82, 2.24) is 15.2 Å². The zero-order valence-electron chi connectivity index (χ0n) is 16.0. The van der Waals surface area contributed by atoms with E-state index in [-0.39, 0.29) is 12.4 Å². The number of rotatable bonds is 7. The molecule has 0 unspecified atom stereocenters. The summed E-state index contributed by atoms with van der Waals surface area (Å²) in [5.41, 5.74) is 0.295. The Bertz CT molecular complexity index is 778. The number of hydrogen-bond donors (Lipinski definition) is 2. The number of hydrogen-bond acceptors (Lipinski definition) is 4. The van der Waals surface area contributed by atoms with Gasteiger partial charge < -0.3 is 20.3 Å². The molecule has 2 rings (SSSR count). The fourth-order valence-electron chi connectivity index (χ4n) is 2.59. The molecule has 1 heterocycles. The van der Waals surface area contributed by atoms with E-state index in [9.17, 15) is 13.2 Å². The van der Waals surface area contributed by atoms with Gasteiger partial charge in [-0.25, -0.2) is 4.98 Å². The highest BCUT2D eigenvalue weighted by Gasteiger charge is 2.33. The van der Waals surface area contributed by atoms with Gasteiger partial charge in [0.25, 0.3) is 0 Å². The number of nitrogens with zero attached hydrogens (tertiary/aromatic N) is 3. The Hall–Kier alpha value is -2.97. The molecule has 0 aliphatic heterocycles. The maximum absolute atomic E-state index is 13.0. The third kappa shape index (κ3) is 6.04. The molecule has 0 spiro atoms. The lowest BCUT2D eigenvalue weighted by atomic mass is 10.2. The van der Waals surface area contributed by atoms with Gasteiger partial charge in [0.05, 0.1) is 12.7 Å². The average molecular weight is 395 g/mol. The van der Waals surface area contributed by atoms with Gasteiger partial charge >= 0.3 is 6.18 Å². The molecule has 0 radical (unpaired) electrons. The van der Waals surface area contributed by atoms with Crippen molar-refractivity contribution in [3.63, 3.8) is 0 Å². The molecule has 1 aromatic heterocycles. The predicted octanol–water partition coefficient (Wildman–Crippen LogP) is 3.23. The van der Waals surface area contributed by atoms with Gasteiger partial charge in [0.2, 0.25) is 0 Å². The zero-order chi connectivity index (χ0) is 20.6. The molecule has 0 amide bonds. The van der Waals surface area contributed by atoms with Crippen LogP contribution in [0.5, 0.6) is 5.75 Å². The van der Waals surface area contributed by atoms with Crippen molar-refractivity contribution in [1.29, 1.82) is 0 Å². The Labute approximate surface area is 162 Å². The summed E-state index contributed by atoms with van der Waals surface area (Å²) in [6.45, 7) is 1.26. The molecule has 2 aromatic rings. The van der Waals surface area contributed by atoms with E-state index in [4.69, 9.17) is 4.74 Å². The van der Waals surface area contributed by atoms with Crippen molar-refractivity contribution in [3.05, 3.63) is 53.7 Å². The number of benzene rings is 1. The quantitative estimate of drug-likeness (QED) is 0.428. The number of ether oxygens (including phenoxy) is 1. The Kier molecular flexibility index (Phi) is 7.48. The molecule has 6 nitrogen and oxygen atoms in total. The highest BCUT2D eigenvalue weighted by Crippen LogP contribution is 2.33. The van der Waals surface area contributed by atoms with E-state index in [0.717, 1.165) is 17.4 Å². The molecular weight excluding hydrogens is 371 g/mol. The second-order valence-corrected chi connectivity index (χ2v) is 6.00. The van der Waals surface area contributed by atoms with Crippen LogP contribution < -0.4 is 15.4 Å². The molecule has 1 aromatic carbocycles. The number of methoxy groups -OCH3 is 1. The molecule has 0 saturated carbocycles. The van der Waals surface area contributed by atoms with E-state index in [0.29, 0.717) is 19.0 Å². The van der Waals surface area contributed by atoms with Crippen molar-refractivity contribution >= 4 is 11.8 Å². The first-order valence-electron chi connectivity index (χ1n) is 8.66. The molecular formula is C19H24F3N5O. The number of aliphatic imine (C=N–C) groups is 1. The fourth-order valence-corrected chi connectivity index (χ4v) is 2.59. The number of anilines is 1. The SMILES string of the molecule is CN=C(NCCNc1ncccc1C(F)(F)F)N(C)Cc1ccc(OC)cc1. The fraction of sp³-hybridized carbons (Fsp3) is 0.368. The topological polar surface area (TPSA) is 61.8 Å². The first-order valence-corrected chi connectivity index (χ1v) is 8.66. The van der Waals surface area contributed by atoms with Gasteiger partial charge in [-0.1, -0.05) is 12.1 Å². The van der Waals surface area contributed by atoms with Gasteiger partial charge in [-0.2, -0.15) is 13.2 Å². The highest BCUT2D eigenvalue weighted by atomic mass is 19.4. The summed E-state index contributed by atoms with van der Waals surface area (Å²) in [5.74, 6) is 1.24. The van der Waals surface area contributed by atoms with E-state index in [2.05, 4.69) is 20.6 Å². The molecule has 0 fully saturated rings. The van der Waals surface area contributed by atoms with Crippen LogP contribution in [0.3, 0.4) is 0 Å². The van der Waals surface area contributed by atoms with Crippen LogP contribution in [0.4, 0.5) is 19.0 Å². The molecule has 152 valence electrons. The van der Waals surface area contributed by atoms with Gasteiger partial charge in [0.15, 0.2) is 5.96 Å². The van der Waals surface area contributed by atoms with Crippen LogP contribution in [0.25, 0.3) is 0 Å². The molecule has 0 aliphatic carbocycles. The molecule has 9 heteroatoms. The Morgan fingerprint density at radius 3 is 2.50 bits per heavy atom. The number of nitrogens with one attached hydrogen (secondary N) is 2. The van der Waals surface area contributed by atoms with E-state index in [1.165, 1.54) is 12.3 Å². The predicted molar refractivity (Wildman–Crippen MR) is 104 cm³/mol. The van der Waals surface area contributed by atoms with E-state index < -0.39 is 11.7 Å². The van der Waals surface area contributed by atoms with Crippen LogP contribution >= 0.6 is 0 Å². The van der Waals surface area contributed by atoms with E-state index >= 15 is 0 Å². The summed E-state index contributed by atoms with van der Waals surface area (Å²) >= 11 is 0. The molecule has 0 bridgehead atoms. The van der Waals surface area contributed by atoms with Gasteiger partial charge in [0, 0.05) is 39.9 Å². The Morgan fingerprint density at radius 2 is 1.89 bits per heavy atom. The number of halogens is 3. The summed E-state index contributed by atoms with van der Waals surface area (Å²) in [5, 5.41) is 5.84. The van der Waals surface area contributed by atoms with Gasteiger partial charge in [0.1, 0.15) is 11.6 Å². The summed E-state index contributed by atoms with van der Waals surface area (Å²) in [6.07, 6.45) is -3.12. The Balaban J connectivity index is 1.85. The molecule has 2 N–H and O–H groups in total. The first-order chi connectivity index (χ1) is 13.3. The lowest BCUT2D eigenvalue weighted by Crippen LogP contribution is -2.40. The average Bonchev–Trinajstić information content (AvgIpc) is 2.68. The third-order valence-corrected chi connectivity index (χ3v) is 3.97. The van der Waals surface area contributed by atoms with Crippen LogP contribution in [-0.2, 0) is 12.7 Å². The number of pyridine rings is 1. The summed E-state index contributed by atoms with van der Waals surface area (Å²) in [7, 11) is 5.15. The van der Waals surface area contributed by atoms with Crippen LogP contribution in [-0.4, -0.2) is 50.1 Å². The number of guanidine groups is 1. The minimum Gasteiger partial charge on any atom is -0.497 e. The van der Waals surface area contributed by atoms with Crippen LogP contribution in [0.1, 0.15) is 11.1 Å². The second kappa shape index (κ2) is 9.82. The minimum atomic E-state index is -4.45. The smallest absolute Gasteiger partial charge is 0.419 e. The van der Waals surface area contributed by atoms with Crippen molar-refractivity contribution in [3.8, 4) is 5.75 Å². The number of alkyl halides is 3. The standard InChI is InChI=1S/C19H24F3N5O/c1-23-18(27(2)13-14-6-8-15(28-3)9-7-14)26-12-11-25-17-16(19(20,21)22)5-4-10-24-17/h4-10H,11-13H2,1-3H3,(H,23,26)(H,24,25). The first kappa shape index (κ1) is 21.3. The highest BCUT2D eigenvalue weighted by molar-refractivity contribution is 5.79. The van der Waals surface area contributed by atoms with Crippen molar-refractivity contribution in [2.75, 3.05) is 39.6 Å². The van der Waals surface area contributed by atoms with Crippen molar-refractivity contribution in [2.24, 2.45) is 4.99 Å². The van der Waals surface area contributed by atoms with Crippen LogP contribution in [0, 0.1) is 0 Å². The maximum atomic E-state index is 13.0.